The average Bonchev–Trinajstić information content (AvgIpc) is 2.46. The molecule has 1 amide bonds. The molecular weight excluding hydrogens is 262 g/mol. The lowest BCUT2D eigenvalue weighted by molar-refractivity contribution is -0.385. The van der Waals surface area contributed by atoms with Crippen molar-refractivity contribution in [1.29, 1.82) is 0 Å². The van der Waals surface area contributed by atoms with Crippen LogP contribution in [0, 0.1) is 10.1 Å². The Morgan fingerprint density at radius 1 is 1.50 bits per heavy atom. The normalized spacial score (nSPS) is 10.2. The minimum absolute atomic E-state index is 0.0254. The maximum Gasteiger partial charge on any atom is 0.282 e. The highest BCUT2D eigenvalue weighted by Crippen LogP contribution is 2.24. The molecule has 0 atom stereocenters. The third-order valence-corrected chi connectivity index (χ3v) is 2.97. The molecule has 0 radical (unpaired) electrons. The first-order chi connectivity index (χ1) is 9.54. The highest BCUT2D eigenvalue weighted by molar-refractivity contribution is 5.99. The van der Waals surface area contributed by atoms with Crippen LogP contribution in [0.5, 0.6) is 0 Å². The van der Waals surface area contributed by atoms with Gasteiger partial charge in [0, 0.05) is 38.5 Å². The molecule has 0 unspecified atom stereocenters. The van der Waals surface area contributed by atoms with E-state index in [1.165, 1.54) is 17.0 Å². The fourth-order valence-corrected chi connectivity index (χ4v) is 1.86. The molecule has 1 rings (SSSR count). The summed E-state index contributed by atoms with van der Waals surface area (Å²) in [5.74, 6) is -0.398. The molecule has 0 heterocycles. The molecule has 110 valence electrons. The predicted molar refractivity (Wildman–Crippen MR) is 75.9 cm³/mol. The largest absolute Gasteiger partial charge is 0.396 e. The molecule has 7 nitrogen and oxygen atoms in total. The average molecular weight is 281 g/mol. The number of anilines is 1. The summed E-state index contributed by atoms with van der Waals surface area (Å²) in [5.41, 5.74) is 0.482. The molecule has 0 bridgehead atoms. The van der Waals surface area contributed by atoms with Gasteiger partial charge >= 0.3 is 0 Å². The molecule has 2 N–H and O–H groups in total. The van der Waals surface area contributed by atoms with Gasteiger partial charge in [0.15, 0.2) is 0 Å². The van der Waals surface area contributed by atoms with Crippen LogP contribution < -0.4 is 5.32 Å². The Labute approximate surface area is 117 Å². The third kappa shape index (κ3) is 3.67. The lowest BCUT2D eigenvalue weighted by Crippen LogP contribution is -2.32. The van der Waals surface area contributed by atoms with Gasteiger partial charge in [-0.15, -0.1) is 0 Å². The maximum absolute atomic E-state index is 12.4. The highest BCUT2D eigenvalue weighted by Gasteiger charge is 2.24. The van der Waals surface area contributed by atoms with Gasteiger partial charge < -0.3 is 15.3 Å². The molecule has 0 saturated heterocycles. The Balaban J connectivity index is 3.13. The van der Waals surface area contributed by atoms with Crippen LogP contribution in [0.15, 0.2) is 18.2 Å². The van der Waals surface area contributed by atoms with E-state index < -0.39 is 10.8 Å². The number of benzene rings is 1. The Morgan fingerprint density at radius 3 is 2.70 bits per heavy atom. The lowest BCUT2D eigenvalue weighted by Gasteiger charge is -2.20. The molecule has 1 aromatic rings. The van der Waals surface area contributed by atoms with Gasteiger partial charge in [-0.05, 0) is 25.5 Å². The minimum Gasteiger partial charge on any atom is -0.396 e. The molecule has 0 saturated carbocycles. The van der Waals surface area contributed by atoms with Crippen molar-refractivity contribution in [1.82, 2.24) is 4.90 Å². The third-order valence-electron chi connectivity index (χ3n) is 2.97. The van der Waals surface area contributed by atoms with E-state index in [4.69, 9.17) is 5.11 Å². The molecule has 0 aliphatic rings. The van der Waals surface area contributed by atoms with E-state index in [1.807, 2.05) is 0 Å². The van der Waals surface area contributed by atoms with Crippen LogP contribution in [-0.4, -0.2) is 47.6 Å². The molecular formula is C13H19N3O4. The topological polar surface area (TPSA) is 95.7 Å². The number of hydrogen-bond acceptors (Lipinski definition) is 5. The second-order valence-electron chi connectivity index (χ2n) is 4.20. The number of rotatable bonds is 7. The van der Waals surface area contributed by atoms with Crippen molar-refractivity contribution < 1.29 is 14.8 Å². The van der Waals surface area contributed by atoms with Gasteiger partial charge in [0.05, 0.1) is 4.92 Å². The lowest BCUT2D eigenvalue weighted by atomic mass is 10.1. The zero-order valence-electron chi connectivity index (χ0n) is 11.6. The summed E-state index contributed by atoms with van der Waals surface area (Å²) in [6, 6.07) is 4.35. The maximum atomic E-state index is 12.4. The van der Waals surface area contributed by atoms with E-state index in [2.05, 4.69) is 5.32 Å². The monoisotopic (exact) mass is 281 g/mol. The van der Waals surface area contributed by atoms with Gasteiger partial charge in [-0.3, -0.25) is 14.9 Å². The van der Waals surface area contributed by atoms with Crippen LogP contribution in [0.4, 0.5) is 11.4 Å². The fourth-order valence-electron chi connectivity index (χ4n) is 1.86. The van der Waals surface area contributed by atoms with Crippen LogP contribution in [0.1, 0.15) is 23.7 Å². The van der Waals surface area contributed by atoms with E-state index in [0.29, 0.717) is 25.2 Å². The standard InChI is InChI=1S/C13H19N3O4/c1-3-15(7-4-8-17)13(18)11-9-10(14-2)5-6-12(11)16(19)20/h5-6,9,14,17H,3-4,7-8H2,1-2H3. The van der Waals surface area contributed by atoms with Crippen molar-refractivity contribution >= 4 is 17.3 Å². The molecule has 0 aliphatic heterocycles. The van der Waals surface area contributed by atoms with E-state index in [0.717, 1.165) is 0 Å². The predicted octanol–water partition coefficient (Wildman–Crippen LogP) is 1.48. The zero-order chi connectivity index (χ0) is 15.1. The van der Waals surface area contributed by atoms with E-state index >= 15 is 0 Å². The van der Waals surface area contributed by atoms with E-state index in [-0.39, 0.29) is 17.9 Å². The van der Waals surface area contributed by atoms with Crippen LogP contribution in [0.2, 0.25) is 0 Å². The number of nitro benzene ring substituents is 1. The minimum atomic E-state index is -0.563. The second-order valence-corrected chi connectivity index (χ2v) is 4.20. The van der Waals surface area contributed by atoms with E-state index in [1.54, 1.807) is 20.0 Å². The molecule has 7 heteroatoms. The van der Waals surface area contributed by atoms with Crippen molar-refractivity contribution in [3.63, 3.8) is 0 Å². The van der Waals surface area contributed by atoms with Gasteiger partial charge in [0.1, 0.15) is 5.56 Å². The summed E-state index contributed by atoms with van der Waals surface area (Å²) in [6.45, 7) is 2.57. The molecule has 0 aromatic heterocycles. The van der Waals surface area contributed by atoms with Gasteiger partial charge in [-0.2, -0.15) is 0 Å². The number of nitrogens with zero attached hydrogens (tertiary/aromatic N) is 2. The van der Waals surface area contributed by atoms with Crippen molar-refractivity contribution in [3.8, 4) is 0 Å². The summed E-state index contributed by atoms with van der Waals surface area (Å²) < 4.78 is 0. The Hall–Kier alpha value is -2.15. The Bertz CT molecular complexity index is 491. The summed E-state index contributed by atoms with van der Waals surface area (Å²) in [6.07, 6.45) is 0.444. The zero-order valence-corrected chi connectivity index (χ0v) is 11.6. The van der Waals surface area contributed by atoms with Crippen LogP contribution in [0.25, 0.3) is 0 Å². The van der Waals surface area contributed by atoms with Gasteiger partial charge in [-0.25, -0.2) is 0 Å². The second kappa shape index (κ2) is 7.44. The first kappa shape index (κ1) is 15.9. The van der Waals surface area contributed by atoms with E-state index in [9.17, 15) is 14.9 Å². The van der Waals surface area contributed by atoms with Crippen molar-refractivity contribution in [2.45, 2.75) is 13.3 Å². The smallest absolute Gasteiger partial charge is 0.282 e. The number of aliphatic hydroxyl groups excluding tert-OH is 1. The van der Waals surface area contributed by atoms with Gasteiger partial charge in [-0.1, -0.05) is 0 Å². The van der Waals surface area contributed by atoms with Crippen molar-refractivity contribution in [3.05, 3.63) is 33.9 Å². The summed E-state index contributed by atoms with van der Waals surface area (Å²) in [7, 11) is 1.68. The quantitative estimate of drug-likeness (QED) is 0.583. The van der Waals surface area contributed by atoms with Crippen LogP contribution >= 0.6 is 0 Å². The summed E-state index contributed by atoms with van der Waals surface area (Å²) in [5, 5.41) is 22.7. The van der Waals surface area contributed by atoms with Crippen molar-refractivity contribution in [2.24, 2.45) is 0 Å². The Morgan fingerprint density at radius 2 is 2.20 bits per heavy atom. The fraction of sp³-hybridized carbons (Fsp3) is 0.462. The number of amides is 1. The number of hydrogen-bond donors (Lipinski definition) is 2. The number of carbonyl (C=O) groups excluding carboxylic acids is 1. The van der Waals surface area contributed by atoms with Crippen LogP contribution in [0.3, 0.4) is 0 Å². The molecule has 0 aliphatic carbocycles. The first-order valence-electron chi connectivity index (χ1n) is 6.41. The molecule has 1 aromatic carbocycles. The molecule has 20 heavy (non-hydrogen) atoms. The number of nitrogens with one attached hydrogen (secondary N) is 1. The number of nitro groups is 1. The summed E-state index contributed by atoms with van der Waals surface area (Å²) in [4.78, 5) is 24.3. The van der Waals surface area contributed by atoms with Crippen molar-refractivity contribution in [2.75, 3.05) is 32.1 Å². The molecule has 0 fully saturated rings. The first-order valence-corrected chi connectivity index (χ1v) is 6.41. The van der Waals surface area contributed by atoms with Crippen LogP contribution in [-0.2, 0) is 0 Å². The number of carbonyl (C=O) groups is 1. The number of aliphatic hydroxyl groups is 1. The highest BCUT2D eigenvalue weighted by atomic mass is 16.6. The molecule has 0 spiro atoms. The van der Waals surface area contributed by atoms with Gasteiger partial charge in [0.2, 0.25) is 0 Å². The SMILES string of the molecule is CCN(CCCO)C(=O)c1cc(NC)ccc1[N+](=O)[O-]. The summed E-state index contributed by atoms with van der Waals surface area (Å²) >= 11 is 0. The Kier molecular flexibility index (Phi) is 5.92. The van der Waals surface area contributed by atoms with Gasteiger partial charge in [0.25, 0.3) is 11.6 Å².